The Morgan fingerprint density at radius 2 is 2.26 bits per heavy atom. The molecule has 0 spiro atoms. The van der Waals surface area contributed by atoms with Gasteiger partial charge in [0.25, 0.3) is 0 Å². The molecule has 5 heteroatoms. The van der Waals surface area contributed by atoms with Gasteiger partial charge in [0, 0.05) is 32.0 Å². The first-order chi connectivity index (χ1) is 9.02. The zero-order valence-corrected chi connectivity index (χ0v) is 11.9. The van der Waals surface area contributed by atoms with Gasteiger partial charge in [0.2, 0.25) is 11.8 Å². The second-order valence-electron chi connectivity index (χ2n) is 5.79. The lowest BCUT2D eigenvalue weighted by Gasteiger charge is -2.23. The highest BCUT2D eigenvalue weighted by molar-refractivity contribution is 5.86. The smallest absolute Gasteiger partial charge is 0.223 e. The molecule has 3 N–H and O–H groups in total. The molecule has 2 amide bonds. The third-order valence-electron chi connectivity index (χ3n) is 3.52. The maximum atomic E-state index is 12.0. The predicted octanol–water partition coefficient (Wildman–Crippen LogP) is 0.673. The summed E-state index contributed by atoms with van der Waals surface area (Å²) in [5.74, 6) is 0.602. The number of nitrogens with one attached hydrogen (secondary N) is 2. The average molecular weight is 270 g/mol. The molecule has 1 fully saturated rings. The molecule has 2 atom stereocenters. The number of carbonyl (C=O) groups excluding carboxylic acids is 2. The Morgan fingerprint density at radius 3 is 2.84 bits per heavy atom. The van der Waals surface area contributed by atoms with Gasteiger partial charge in [-0.3, -0.25) is 9.59 Å². The third-order valence-corrected chi connectivity index (χ3v) is 3.52. The van der Waals surface area contributed by atoms with Crippen molar-refractivity contribution in [2.75, 3.05) is 19.7 Å². The largest absolute Gasteiger partial charge is 0.396 e. The first-order valence-corrected chi connectivity index (χ1v) is 7.18. The summed E-state index contributed by atoms with van der Waals surface area (Å²) >= 11 is 0. The summed E-state index contributed by atoms with van der Waals surface area (Å²) in [6, 6.07) is 0. The van der Waals surface area contributed by atoms with Gasteiger partial charge in [-0.05, 0) is 31.1 Å². The van der Waals surface area contributed by atoms with Crippen LogP contribution in [0.5, 0.6) is 0 Å². The van der Waals surface area contributed by atoms with E-state index >= 15 is 0 Å². The third kappa shape index (κ3) is 6.05. The van der Waals surface area contributed by atoms with E-state index in [9.17, 15) is 9.59 Å². The molecule has 0 aliphatic carbocycles. The lowest BCUT2D eigenvalue weighted by atomic mass is 9.93. The van der Waals surface area contributed by atoms with Crippen molar-refractivity contribution in [3.05, 3.63) is 0 Å². The van der Waals surface area contributed by atoms with Gasteiger partial charge < -0.3 is 15.7 Å². The van der Waals surface area contributed by atoms with Crippen LogP contribution in [0.3, 0.4) is 0 Å². The normalized spacial score (nSPS) is 21.1. The van der Waals surface area contributed by atoms with Gasteiger partial charge in [0.15, 0.2) is 0 Å². The Labute approximate surface area is 115 Å². The highest BCUT2D eigenvalue weighted by Crippen LogP contribution is 2.16. The van der Waals surface area contributed by atoms with Gasteiger partial charge in [-0.2, -0.15) is 0 Å². The minimum Gasteiger partial charge on any atom is -0.396 e. The number of rotatable bonds is 7. The molecule has 0 aromatic heterocycles. The highest BCUT2D eigenvalue weighted by atomic mass is 16.3. The van der Waals surface area contributed by atoms with Crippen molar-refractivity contribution in [3.8, 4) is 0 Å². The lowest BCUT2D eigenvalue weighted by Crippen LogP contribution is -2.42. The van der Waals surface area contributed by atoms with Crippen LogP contribution in [-0.4, -0.2) is 36.6 Å². The van der Waals surface area contributed by atoms with Crippen molar-refractivity contribution in [1.82, 2.24) is 10.6 Å². The van der Waals surface area contributed by atoms with Crippen molar-refractivity contribution in [2.24, 2.45) is 17.8 Å². The average Bonchev–Trinajstić information content (AvgIpc) is 2.35. The van der Waals surface area contributed by atoms with Crippen molar-refractivity contribution >= 4 is 11.8 Å². The molecule has 0 saturated carbocycles. The van der Waals surface area contributed by atoms with E-state index in [-0.39, 0.29) is 24.3 Å². The molecule has 5 nitrogen and oxygen atoms in total. The van der Waals surface area contributed by atoms with Crippen LogP contribution in [0.4, 0.5) is 0 Å². The Hall–Kier alpha value is -1.10. The summed E-state index contributed by atoms with van der Waals surface area (Å²) in [7, 11) is 0. The van der Waals surface area contributed by atoms with Crippen LogP contribution < -0.4 is 10.6 Å². The second-order valence-corrected chi connectivity index (χ2v) is 5.79. The van der Waals surface area contributed by atoms with E-state index in [0.717, 1.165) is 6.42 Å². The zero-order valence-electron chi connectivity index (χ0n) is 11.9. The Morgan fingerprint density at radius 1 is 1.53 bits per heavy atom. The zero-order chi connectivity index (χ0) is 14.3. The van der Waals surface area contributed by atoms with E-state index < -0.39 is 0 Å². The van der Waals surface area contributed by atoms with Gasteiger partial charge in [0.1, 0.15) is 0 Å². The van der Waals surface area contributed by atoms with Crippen molar-refractivity contribution in [2.45, 2.75) is 39.5 Å². The van der Waals surface area contributed by atoms with Crippen LogP contribution in [0.2, 0.25) is 0 Å². The molecule has 110 valence electrons. The molecular weight excluding hydrogens is 244 g/mol. The SMILES string of the molecule is CC(C)CC(CCO)CNC(=O)C1CCNC(=O)C1. The molecule has 0 aromatic rings. The second kappa shape index (κ2) is 8.15. The molecule has 2 unspecified atom stereocenters. The molecule has 1 rings (SSSR count). The van der Waals surface area contributed by atoms with E-state index in [1.54, 1.807) is 0 Å². The number of piperidine rings is 1. The summed E-state index contributed by atoms with van der Waals surface area (Å²) in [6.07, 6.45) is 2.71. The summed E-state index contributed by atoms with van der Waals surface area (Å²) in [4.78, 5) is 23.2. The van der Waals surface area contributed by atoms with Gasteiger partial charge in [-0.15, -0.1) is 0 Å². The fourth-order valence-electron chi connectivity index (χ4n) is 2.55. The maximum absolute atomic E-state index is 12.0. The summed E-state index contributed by atoms with van der Waals surface area (Å²) in [5.41, 5.74) is 0. The molecule has 1 aliphatic heterocycles. The van der Waals surface area contributed by atoms with Gasteiger partial charge in [-0.25, -0.2) is 0 Å². The van der Waals surface area contributed by atoms with Crippen molar-refractivity contribution in [3.63, 3.8) is 0 Å². The highest BCUT2D eigenvalue weighted by Gasteiger charge is 2.25. The fourth-order valence-corrected chi connectivity index (χ4v) is 2.55. The van der Waals surface area contributed by atoms with E-state index in [4.69, 9.17) is 5.11 Å². The van der Waals surface area contributed by atoms with Crippen LogP contribution in [-0.2, 0) is 9.59 Å². The van der Waals surface area contributed by atoms with Gasteiger partial charge in [-0.1, -0.05) is 13.8 Å². The Bertz CT molecular complexity index is 305. The fraction of sp³-hybridized carbons (Fsp3) is 0.857. The molecule has 1 heterocycles. The van der Waals surface area contributed by atoms with E-state index in [1.807, 2.05) is 0 Å². The summed E-state index contributed by atoms with van der Waals surface area (Å²) < 4.78 is 0. The van der Waals surface area contributed by atoms with Crippen LogP contribution in [0, 0.1) is 17.8 Å². The first kappa shape index (κ1) is 16.0. The van der Waals surface area contributed by atoms with Crippen LogP contribution in [0.1, 0.15) is 39.5 Å². The Balaban J connectivity index is 2.35. The molecule has 19 heavy (non-hydrogen) atoms. The number of hydrogen-bond donors (Lipinski definition) is 3. The quantitative estimate of drug-likeness (QED) is 0.636. The molecule has 1 aliphatic rings. The molecule has 1 saturated heterocycles. The minimum atomic E-state index is -0.192. The number of aliphatic hydroxyl groups excluding tert-OH is 1. The topological polar surface area (TPSA) is 78.4 Å². The standard InChI is InChI=1S/C14H26N2O3/c1-10(2)7-11(4-6-17)9-16-14(19)12-3-5-15-13(18)8-12/h10-12,17H,3-9H2,1-2H3,(H,15,18)(H,16,19). The van der Waals surface area contributed by atoms with E-state index in [0.29, 0.717) is 44.2 Å². The van der Waals surface area contributed by atoms with Crippen LogP contribution in [0.15, 0.2) is 0 Å². The van der Waals surface area contributed by atoms with Crippen LogP contribution in [0.25, 0.3) is 0 Å². The monoisotopic (exact) mass is 270 g/mol. The molecule has 0 bridgehead atoms. The molecular formula is C14H26N2O3. The predicted molar refractivity (Wildman–Crippen MR) is 73.4 cm³/mol. The van der Waals surface area contributed by atoms with Gasteiger partial charge >= 0.3 is 0 Å². The maximum Gasteiger partial charge on any atom is 0.223 e. The number of aliphatic hydroxyl groups is 1. The van der Waals surface area contributed by atoms with E-state index in [2.05, 4.69) is 24.5 Å². The lowest BCUT2D eigenvalue weighted by molar-refractivity contribution is -0.132. The Kier molecular flexibility index (Phi) is 6.84. The van der Waals surface area contributed by atoms with Gasteiger partial charge in [0.05, 0.1) is 0 Å². The van der Waals surface area contributed by atoms with Crippen molar-refractivity contribution < 1.29 is 14.7 Å². The summed E-state index contributed by atoms with van der Waals surface area (Å²) in [6.45, 7) is 5.60. The number of hydrogen-bond acceptors (Lipinski definition) is 3. The number of carbonyl (C=O) groups is 2. The minimum absolute atomic E-state index is 0.0263. The summed E-state index contributed by atoms with van der Waals surface area (Å²) in [5, 5.41) is 14.7. The molecule has 0 radical (unpaired) electrons. The van der Waals surface area contributed by atoms with Crippen LogP contribution >= 0.6 is 0 Å². The van der Waals surface area contributed by atoms with Crippen molar-refractivity contribution in [1.29, 1.82) is 0 Å². The molecule has 0 aromatic carbocycles. The number of amides is 2. The first-order valence-electron chi connectivity index (χ1n) is 7.18. The van der Waals surface area contributed by atoms with E-state index in [1.165, 1.54) is 0 Å².